The average molecular weight is 427 g/mol. The second-order valence-electron chi connectivity index (χ2n) is 10.3. The Morgan fingerprint density at radius 3 is 1.77 bits per heavy atom. The summed E-state index contributed by atoms with van der Waals surface area (Å²) in [6, 6.07) is 8.00. The third-order valence-electron chi connectivity index (χ3n) is 6.62. The molecule has 0 aromatic heterocycles. The maximum atomic E-state index is 10.0. The van der Waals surface area contributed by atoms with E-state index in [0.29, 0.717) is 17.2 Å². The lowest BCUT2D eigenvalue weighted by molar-refractivity contribution is -0.172. The van der Waals surface area contributed by atoms with Crippen LogP contribution in [0, 0.1) is 24.7 Å². The zero-order valence-corrected chi connectivity index (χ0v) is 19.7. The molecule has 2 aliphatic heterocycles. The van der Waals surface area contributed by atoms with Gasteiger partial charge in [0.05, 0.1) is 39.1 Å². The van der Waals surface area contributed by atoms with E-state index in [1.807, 2.05) is 24.3 Å². The van der Waals surface area contributed by atoms with Gasteiger partial charge in [0.15, 0.2) is 11.5 Å². The summed E-state index contributed by atoms with van der Waals surface area (Å²) in [5, 5.41) is 10.0. The fourth-order valence-electron chi connectivity index (χ4n) is 4.59. The predicted molar refractivity (Wildman–Crippen MR) is 120 cm³/mol. The lowest BCUT2D eigenvalue weighted by Crippen LogP contribution is -2.40. The van der Waals surface area contributed by atoms with Crippen LogP contribution in [0.1, 0.15) is 67.7 Å². The first-order valence-corrected chi connectivity index (χ1v) is 10.9. The molecule has 0 aliphatic carbocycles. The second-order valence-corrected chi connectivity index (χ2v) is 10.3. The molecular formula is C26H34O5. The van der Waals surface area contributed by atoms with Crippen LogP contribution in [-0.4, -0.2) is 25.4 Å². The lowest BCUT2D eigenvalue weighted by Gasteiger charge is -2.45. The number of aliphatic hydroxyl groups is 1. The number of hydrogen-bond donors (Lipinski definition) is 1. The van der Waals surface area contributed by atoms with Gasteiger partial charge in [-0.15, -0.1) is 0 Å². The molecule has 5 nitrogen and oxygen atoms in total. The fraction of sp³-hybridized carbons (Fsp3) is 0.538. The number of aryl methyl sites for hydroxylation is 2. The Labute approximate surface area is 185 Å². The smallest absolute Gasteiger partial charge is 0.169 e. The van der Waals surface area contributed by atoms with Gasteiger partial charge in [0.2, 0.25) is 0 Å². The van der Waals surface area contributed by atoms with Crippen LogP contribution < -0.4 is 9.47 Å². The van der Waals surface area contributed by atoms with E-state index < -0.39 is 0 Å². The van der Waals surface area contributed by atoms with Crippen LogP contribution in [0.25, 0.3) is 0 Å². The van der Waals surface area contributed by atoms with Gasteiger partial charge in [-0.25, -0.2) is 0 Å². The van der Waals surface area contributed by atoms with Crippen molar-refractivity contribution in [3.8, 4) is 17.2 Å². The zero-order valence-electron chi connectivity index (χ0n) is 19.7. The first kappa shape index (κ1) is 22.1. The molecular weight excluding hydrogens is 392 g/mol. The SMILES string of the molecule is COc1cc(C2OCC2(C)C)c(C)cc1Oc1cc(C)c(C2OCC2(C)C)cc1CO. The first-order chi connectivity index (χ1) is 14.6. The van der Waals surface area contributed by atoms with Crippen LogP contribution in [-0.2, 0) is 16.1 Å². The van der Waals surface area contributed by atoms with Crippen molar-refractivity contribution >= 4 is 0 Å². The number of benzene rings is 2. The largest absolute Gasteiger partial charge is 0.493 e. The molecule has 2 heterocycles. The predicted octanol–water partition coefficient (Wildman–Crippen LogP) is 5.79. The minimum atomic E-state index is -0.112. The van der Waals surface area contributed by atoms with Gasteiger partial charge in [-0.1, -0.05) is 27.7 Å². The van der Waals surface area contributed by atoms with E-state index in [9.17, 15) is 5.11 Å². The summed E-state index contributed by atoms with van der Waals surface area (Å²) >= 11 is 0. The van der Waals surface area contributed by atoms with Gasteiger partial charge in [-0.2, -0.15) is 0 Å². The van der Waals surface area contributed by atoms with Crippen LogP contribution in [0.2, 0.25) is 0 Å². The van der Waals surface area contributed by atoms with Crippen molar-refractivity contribution in [1.82, 2.24) is 0 Å². The highest BCUT2D eigenvalue weighted by Crippen LogP contribution is 2.50. The Bertz CT molecular complexity index is 912. The van der Waals surface area contributed by atoms with E-state index in [-0.39, 0.29) is 29.6 Å². The number of aliphatic hydroxyl groups excluding tert-OH is 1. The average Bonchev–Trinajstić information content (AvgIpc) is 2.70. The lowest BCUT2D eigenvalue weighted by atomic mass is 9.77. The Balaban J connectivity index is 1.67. The maximum absolute atomic E-state index is 10.0. The van der Waals surface area contributed by atoms with E-state index in [2.05, 4.69) is 41.5 Å². The molecule has 1 N–H and O–H groups in total. The Morgan fingerprint density at radius 1 is 0.839 bits per heavy atom. The van der Waals surface area contributed by atoms with Gasteiger partial charge in [0, 0.05) is 16.4 Å². The molecule has 2 aromatic carbocycles. The van der Waals surface area contributed by atoms with Crippen LogP contribution in [0.4, 0.5) is 0 Å². The normalized spacial score (nSPS) is 23.6. The standard InChI is InChI=1S/C26H34O5/c1-15-8-20(17(12-27)10-18(15)23-25(3,4)13-29-23)31-22-9-16(2)19(11-21(22)28-7)24-26(5,6)14-30-24/h8-11,23-24,27H,12-14H2,1-7H3. The summed E-state index contributed by atoms with van der Waals surface area (Å²) in [7, 11) is 1.64. The number of rotatable bonds is 6. The Morgan fingerprint density at radius 2 is 1.35 bits per heavy atom. The molecule has 2 fully saturated rings. The van der Waals surface area contributed by atoms with Crippen molar-refractivity contribution in [1.29, 1.82) is 0 Å². The molecule has 0 bridgehead atoms. The summed E-state index contributed by atoms with van der Waals surface area (Å²) in [4.78, 5) is 0. The van der Waals surface area contributed by atoms with E-state index in [1.54, 1.807) is 7.11 Å². The van der Waals surface area contributed by atoms with Crippen molar-refractivity contribution < 1.29 is 24.1 Å². The first-order valence-electron chi connectivity index (χ1n) is 10.9. The molecule has 0 spiro atoms. The van der Waals surface area contributed by atoms with Gasteiger partial charge in [0.1, 0.15) is 5.75 Å². The molecule has 168 valence electrons. The summed E-state index contributed by atoms with van der Waals surface area (Å²) in [5.74, 6) is 1.91. The van der Waals surface area contributed by atoms with Crippen LogP contribution in [0.3, 0.4) is 0 Å². The van der Waals surface area contributed by atoms with Gasteiger partial charge in [-0.3, -0.25) is 0 Å². The van der Waals surface area contributed by atoms with Gasteiger partial charge < -0.3 is 24.1 Å². The highest BCUT2D eigenvalue weighted by atomic mass is 16.5. The molecule has 2 aliphatic rings. The summed E-state index contributed by atoms with van der Waals surface area (Å²) in [6.45, 7) is 14.3. The monoisotopic (exact) mass is 426 g/mol. The molecule has 2 saturated heterocycles. The zero-order chi connectivity index (χ0) is 22.6. The summed E-state index contributed by atoms with van der Waals surface area (Å²) < 4.78 is 23.6. The highest BCUT2D eigenvalue weighted by Gasteiger charge is 2.43. The molecule has 0 radical (unpaired) electrons. The van der Waals surface area contributed by atoms with Crippen LogP contribution >= 0.6 is 0 Å². The molecule has 4 rings (SSSR count). The van der Waals surface area contributed by atoms with E-state index >= 15 is 0 Å². The van der Waals surface area contributed by atoms with Crippen molar-refractivity contribution in [2.45, 2.75) is 60.4 Å². The molecule has 2 aromatic rings. The van der Waals surface area contributed by atoms with E-state index in [4.69, 9.17) is 18.9 Å². The van der Waals surface area contributed by atoms with Gasteiger partial charge in [0.25, 0.3) is 0 Å². The molecule has 2 atom stereocenters. The molecule has 2 unspecified atom stereocenters. The van der Waals surface area contributed by atoms with Gasteiger partial charge >= 0.3 is 0 Å². The minimum absolute atomic E-state index is 0.0359. The third kappa shape index (κ3) is 3.84. The summed E-state index contributed by atoms with van der Waals surface area (Å²) in [6.07, 6.45) is 0.0876. The topological polar surface area (TPSA) is 57.2 Å². The molecule has 5 heteroatoms. The van der Waals surface area contributed by atoms with E-state index in [1.165, 1.54) is 0 Å². The summed E-state index contributed by atoms with van der Waals surface area (Å²) in [5.41, 5.74) is 5.34. The van der Waals surface area contributed by atoms with E-state index in [0.717, 1.165) is 41.0 Å². The maximum Gasteiger partial charge on any atom is 0.169 e. The highest BCUT2D eigenvalue weighted by molar-refractivity contribution is 5.52. The Hall–Kier alpha value is -2.08. The van der Waals surface area contributed by atoms with Crippen LogP contribution in [0.15, 0.2) is 24.3 Å². The number of methoxy groups -OCH3 is 1. The fourth-order valence-corrected chi connectivity index (χ4v) is 4.59. The number of hydrogen-bond acceptors (Lipinski definition) is 5. The molecule has 31 heavy (non-hydrogen) atoms. The minimum Gasteiger partial charge on any atom is -0.493 e. The van der Waals surface area contributed by atoms with Crippen molar-refractivity contribution in [3.05, 3.63) is 52.1 Å². The Kier molecular flexibility index (Phi) is 5.57. The van der Waals surface area contributed by atoms with Crippen LogP contribution in [0.5, 0.6) is 17.2 Å². The van der Waals surface area contributed by atoms with Crippen molar-refractivity contribution in [3.63, 3.8) is 0 Å². The molecule has 0 saturated carbocycles. The van der Waals surface area contributed by atoms with Crippen molar-refractivity contribution in [2.24, 2.45) is 10.8 Å². The van der Waals surface area contributed by atoms with Gasteiger partial charge in [-0.05, 0) is 60.4 Å². The quantitative estimate of drug-likeness (QED) is 0.633. The van der Waals surface area contributed by atoms with Crippen molar-refractivity contribution in [2.75, 3.05) is 20.3 Å². The second kappa shape index (κ2) is 7.80. The number of ether oxygens (including phenoxy) is 4. The third-order valence-corrected chi connectivity index (χ3v) is 6.62. The molecule has 0 amide bonds.